The summed E-state index contributed by atoms with van der Waals surface area (Å²) < 4.78 is 10.6. The van der Waals surface area contributed by atoms with Crippen LogP contribution in [0.3, 0.4) is 0 Å². The molecule has 6 nitrogen and oxygen atoms in total. The topological polar surface area (TPSA) is 87.4 Å². The Labute approximate surface area is 159 Å². The molecular formula is C18H13Cl2N3O3. The molecule has 1 aromatic heterocycles. The summed E-state index contributed by atoms with van der Waals surface area (Å²) in [5, 5.41) is 23.1. The smallest absolute Gasteiger partial charge is 0.162 e. The second-order valence-corrected chi connectivity index (χ2v) is 6.11. The fraction of sp³-hybridized carbons (Fsp3) is 0.111. The highest BCUT2D eigenvalue weighted by molar-refractivity contribution is 6.37. The lowest BCUT2D eigenvalue weighted by atomic mass is 10.1. The fourth-order valence-corrected chi connectivity index (χ4v) is 3.01. The van der Waals surface area contributed by atoms with E-state index in [-0.39, 0.29) is 15.8 Å². The van der Waals surface area contributed by atoms with Gasteiger partial charge in [0.2, 0.25) is 0 Å². The molecule has 8 heteroatoms. The Kier molecular flexibility index (Phi) is 4.94. The van der Waals surface area contributed by atoms with E-state index in [1.807, 2.05) is 0 Å². The number of methoxy groups -OCH3 is 2. The maximum Gasteiger partial charge on any atom is 0.162 e. The van der Waals surface area contributed by atoms with Crippen LogP contribution >= 0.6 is 23.2 Å². The molecule has 3 rings (SSSR count). The van der Waals surface area contributed by atoms with Crippen LogP contribution < -0.4 is 14.8 Å². The van der Waals surface area contributed by atoms with Crippen molar-refractivity contribution in [1.29, 1.82) is 5.26 Å². The molecule has 3 aromatic rings. The molecule has 0 saturated carbocycles. The van der Waals surface area contributed by atoms with Crippen LogP contribution in [0.2, 0.25) is 10.0 Å². The number of nitriles is 1. The molecule has 0 radical (unpaired) electrons. The molecule has 0 bridgehead atoms. The Morgan fingerprint density at radius 3 is 2.27 bits per heavy atom. The second kappa shape index (κ2) is 7.16. The summed E-state index contributed by atoms with van der Waals surface area (Å²) in [6, 6.07) is 8.57. The summed E-state index contributed by atoms with van der Waals surface area (Å²) in [5.74, 6) is 0.825. The van der Waals surface area contributed by atoms with Gasteiger partial charge in [-0.05, 0) is 18.2 Å². The zero-order chi connectivity index (χ0) is 18.8. The van der Waals surface area contributed by atoms with Gasteiger partial charge in [-0.1, -0.05) is 23.2 Å². The molecule has 2 N–H and O–H groups in total. The molecule has 0 fully saturated rings. The molecule has 132 valence electrons. The molecule has 0 saturated heterocycles. The molecule has 0 aliphatic rings. The third-order valence-electron chi connectivity index (χ3n) is 3.78. The number of benzene rings is 2. The zero-order valence-corrected chi connectivity index (χ0v) is 15.3. The standard InChI is InChI=1S/C18H13Cl2N3O3/c1-25-15-5-11-14(6-16(15)26-2)22-8-9(7-21)17(11)23-10-3-12(19)18(24)13(20)4-10/h3-6,8,24H,1-2H3,(H,22,23). The van der Waals surface area contributed by atoms with Gasteiger partial charge in [-0.3, -0.25) is 4.98 Å². The summed E-state index contributed by atoms with van der Waals surface area (Å²) >= 11 is 12.0. The van der Waals surface area contributed by atoms with Crippen LogP contribution in [0.4, 0.5) is 11.4 Å². The Hall–Kier alpha value is -2.88. The average Bonchev–Trinajstić information content (AvgIpc) is 2.65. The molecule has 0 unspecified atom stereocenters. The van der Waals surface area contributed by atoms with Crippen molar-refractivity contribution in [2.24, 2.45) is 0 Å². The molecule has 0 atom stereocenters. The summed E-state index contributed by atoms with van der Waals surface area (Å²) in [6.45, 7) is 0. The highest BCUT2D eigenvalue weighted by Crippen LogP contribution is 2.39. The van der Waals surface area contributed by atoms with E-state index in [2.05, 4.69) is 16.4 Å². The number of fused-ring (bicyclic) bond motifs is 1. The van der Waals surface area contributed by atoms with Gasteiger partial charge in [0.15, 0.2) is 17.2 Å². The van der Waals surface area contributed by atoms with Crippen molar-refractivity contribution in [3.05, 3.63) is 46.1 Å². The first kappa shape index (κ1) is 17.9. The van der Waals surface area contributed by atoms with Crippen LogP contribution in [-0.2, 0) is 0 Å². The van der Waals surface area contributed by atoms with Crippen molar-refractivity contribution in [3.63, 3.8) is 0 Å². The minimum atomic E-state index is -0.203. The number of aromatic hydroxyl groups is 1. The number of phenolic OH excluding ortho intramolecular Hbond substituents is 1. The minimum Gasteiger partial charge on any atom is -0.505 e. The number of rotatable bonds is 4. The third-order valence-corrected chi connectivity index (χ3v) is 4.36. The molecule has 26 heavy (non-hydrogen) atoms. The number of pyridine rings is 1. The number of phenols is 1. The van der Waals surface area contributed by atoms with Crippen LogP contribution in [0.5, 0.6) is 17.2 Å². The third kappa shape index (κ3) is 3.15. The van der Waals surface area contributed by atoms with E-state index in [1.165, 1.54) is 32.5 Å². The molecule has 0 aliphatic heterocycles. The lowest BCUT2D eigenvalue weighted by molar-refractivity contribution is 0.356. The first-order valence-corrected chi connectivity index (χ1v) is 8.14. The Bertz CT molecular complexity index is 1030. The molecule has 1 heterocycles. The van der Waals surface area contributed by atoms with Crippen molar-refractivity contribution >= 4 is 45.5 Å². The van der Waals surface area contributed by atoms with Crippen LogP contribution in [0.15, 0.2) is 30.5 Å². The van der Waals surface area contributed by atoms with E-state index in [9.17, 15) is 10.4 Å². The number of nitrogens with zero attached hydrogens (tertiary/aromatic N) is 2. The lowest BCUT2D eigenvalue weighted by Crippen LogP contribution is -1.98. The number of hydrogen-bond donors (Lipinski definition) is 2. The largest absolute Gasteiger partial charge is 0.505 e. The van der Waals surface area contributed by atoms with Gasteiger partial charge >= 0.3 is 0 Å². The fourth-order valence-electron chi connectivity index (χ4n) is 2.52. The average molecular weight is 390 g/mol. The lowest BCUT2D eigenvalue weighted by Gasteiger charge is -2.15. The van der Waals surface area contributed by atoms with E-state index in [4.69, 9.17) is 32.7 Å². The maximum absolute atomic E-state index is 9.71. The summed E-state index contributed by atoms with van der Waals surface area (Å²) in [4.78, 5) is 4.30. The van der Waals surface area contributed by atoms with E-state index in [0.717, 1.165) is 0 Å². The van der Waals surface area contributed by atoms with Gasteiger partial charge in [-0.15, -0.1) is 0 Å². The number of nitrogens with one attached hydrogen (secondary N) is 1. The van der Waals surface area contributed by atoms with Gasteiger partial charge in [0, 0.05) is 23.3 Å². The quantitative estimate of drug-likeness (QED) is 0.618. The molecule has 0 spiro atoms. The highest BCUT2D eigenvalue weighted by atomic mass is 35.5. The van der Waals surface area contributed by atoms with Crippen molar-refractivity contribution in [2.45, 2.75) is 0 Å². The summed E-state index contributed by atoms with van der Waals surface area (Å²) in [7, 11) is 3.06. The van der Waals surface area contributed by atoms with E-state index >= 15 is 0 Å². The van der Waals surface area contributed by atoms with Crippen molar-refractivity contribution in [3.8, 4) is 23.3 Å². The maximum atomic E-state index is 9.71. The van der Waals surface area contributed by atoms with E-state index < -0.39 is 0 Å². The van der Waals surface area contributed by atoms with E-state index in [1.54, 1.807) is 12.1 Å². The minimum absolute atomic E-state index is 0.0936. The molecule has 0 amide bonds. The van der Waals surface area contributed by atoms with Gasteiger partial charge < -0.3 is 19.9 Å². The van der Waals surface area contributed by atoms with Crippen molar-refractivity contribution in [1.82, 2.24) is 4.98 Å². The first-order chi connectivity index (χ1) is 12.5. The van der Waals surface area contributed by atoms with Gasteiger partial charge in [0.25, 0.3) is 0 Å². The Balaban J connectivity index is 2.22. The number of halogens is 2. The molecule has 0 aliphatic carbocycles. The number of aromatic nitrogens is 1. The van der Waals surface area contributed by atoms with E-state index in [0.29, 0.717) is 39.3 Å². The predicted octanol–water partition coefficient (Wildman–Crippen LogP) is 4.88. The van der Waals surface area contributed by atoms with Crippen LogP contribution in [0.25, 0.3) is 10.9 Å². The first-order valence-electron chi connectivity index (χ1n) is 7.38. The van der Waals surface area contributed by atoms with Crippen LogP contribution in [0, 0.1) is 11.3 Å². The SMILES string of the molecule is COc1cc2ncc(C#N)c(Nc3cc(Cl)c(O)c(Cl)c3)c2cc1OC. The summed E-state index contributed by atoms with van der Waals surface area (Å²) in [6.07, 6.45) is 1.46. The zero-order valence-electron chi connectivity index (χ0n) is 13.8. The Morgan fingerprint density at radius 1 is 1.08 bits per heavy atom. The van der Waals surface area contributed by atoms with Crippen molar-refractivity contribution < 1.29 is 14.6 Å². The highest BCUT2D eigenvalue weighted by Gasteiger charge is 2.15. The van der Waals surface area contributed by atoms with Crippen LogP contribution in [0.1, 0.15) is 5.56 Å². The Morgan fingerprint density at radius 2 is 1.69 bits per heavy atom. The van der Waals surface area contributed by atoms with Crippen molar-refractivity contribution in [2.75, 3.05) is 19.5 Å². The molecular weight excluding hydrogens is 377 g/mol. The number of hydrogen-bond acceptors (Lipinski definition) is 6. The van der Waals surface area contributed by atoms with Crippen LogP contribution in [-0.4, -0.2) is 24.3 Å². The van der Waals surface area contributed by atoms with Gasteiger partial charge in [-0.2, -0.15) is 5.26 Å². The van der Waals surface area contributed by atoms with Gasteiger partial charge in [0.1, 0.15) is 6.07 Å². The second-order valence-electron chi connectivity index (χ2n) is 5.30. The van der Waals surface area contributed by atoms with Gasteiger partial charge in [-0.25, -0.2) is 0 Å². The number of ether oxygens (including phenoxy) is 2. The number of anilines is 2. The monoisotopic (exact) mass is 389 g/mol. The normalized spacial score (nSPS) is 10.4. The predicted molar refractivity (Wildman–Crippen MR) is 101 cm³/mol. The van der Waals surface area contributed by atoms with Gasteiger partial charge in [0.05, 0.1) is 41.0 Å². The molecule has 2 aromatic carbocycles. The summed E-state index contributed by atoms with van der Waals surface area (Å²) in [5.41, 5.74) is 1.96.